The number of anilines is 1. The first-order valence-corrected chi connectivity index (χ1v) is 7.51. The van der Waals surface area contributed by atoms with Crippen LogP contribution in [-0.2, 0) is 6.42 Å². The fraction of sp³-hybridized carbons (Fsp3) is 0.111. The van der Waals surface area contributed by atoms with Crippen molar-refractivity contribution in [2.45, 2.75) is 6.42 Å². The smallest absolute Gasteiger partial charge is 0.319 e. The molecule has 6 heteroatoms. The van der Waals surface area contributed by atoms with Gasteiger partial charge in [-0.1, -0.05) is 30.3 Å². The standard InChI is InChI=1S/C18H16FN3O2/c19-15-8-4-5-9-16(15)22-18(23)20-11-10-14-12-24-17(21-14)13-6-2-1-3-7-13/h1-9,12H,10-11H2,(H2,20,22,23). The summed E-state index contributed by atoms with van der Waals surface area (Å²) in [6.07, 6.45) is 2.08. The number of urea groups is 1. The first-order chi connectivity index (χ1) is 11.7. The van der Waals surface area contributed by atoms with Crippen LogP contribution in [0, 0.1) is 5.82 Å². The molecule has 0 aliphatic rings. The number of nitrogens with zero attached hydrogens (tertiary/aromatic N) is 1. The number of oxazole rings is 1. The van der Waals surface area contributed by atoms with Crippen LogP contribution in [-0.4, -0.2) is 17.6 Å². The summed E-state index contributed by atoms with van der Waals surface area (Å²) in [5, 5.41) is 5.12. The Bertz CT molecular complexity index is 818. The minimum Gasteiger partial charge on any atom is -0.444 e. The molecule has 0 aliphatic carbocycles. The van der Waals surface area contributed by atoms with Gasteiger partial charge in [-0.25, -0.2) is 14.2 Å². The predicted octanol–water partition coefficient (Wildman–Crippen LogP) is 3.84. The molecule has 1 heterocycles. The number of benzene rings is 2. The maximum absolute atomic E-state index is 13.4. The minimum absolute atomic E-state index is 0.141. The van der Waals surface area contributed by atoms with Gasteiger partial charge in [0.1, 0.15) is 12.1 Å². The highest BCUT2D eigenvalue weighted by Crippen LogP contribution is 2.18. The average molecular weight is 325 g/mol. The van der Waals surface area contributed by atoms with E-state index in [2.05, 4.69) is 15.6 Å². The molecule has 3 aromatic rings. The third-order valence-corrected chi connectivity index (χ3v) is 3.36. The Labute approximate surface area is 138 Å². The molecule has 5 nitrogen and oxygen atoms in total. The second-order valence-electron chi connectivity index (χ2n) is 5.12. The molecule has 0 aliphatic heterocycles. The van der Waals surface area contributed by atoms with E-state index < -0.39 is 11.8 Å². The highest BCUT2D eigenvalue weighted by molar-refractivity contribution is 5.89. The third kappa shape index (κ3) is 3.98. The van der Waals surface area contributed by atoms with Gasteiger partial charge in [0.2, 0.25) is 5.89 Å². The molecule has 122 valence electrons. The van der Waals surface area contributed by atoms with E-state index in [0.717, 1.165) is 11.3 Å². The lowest BCUT2D eigenvalue weighted by Crippen LogP contribution is -2.30. The van der Waals surface area contributed by atoms with Gasteiger partial charge in [0.15, 0.2) is 0 Å². The van der Waals surface area contributed by atoms with E-state index in [-0.39, 0.29) is 5.69 Å². The van der Waals surface area contributed by atoms with Crippen molar-refractivity contribution in [1.29, 1.82) is 0 Å². The molecule has 0 spiro atoms. The molecule has 2 amide bonds. The second kappa shape index (κ2) is 7.41. The molecule has 0 bridgehead atoms. The van der Waals surface area contributed by atoms with E-state index in [9.17, 15) is 9.18 Å². The molecular weight excluding hydrogens is 309 g/mol. The minimum atomic E-state index is -0.475. The highest BCUT2D eigenvalue weighted by Gasteiger charge is 2.08. The van der Waals surface area contributed by atoms with Crippen LogP contribution in [0.5, 0.6) is 0 Å². The molecule has 24 heavy (non-hydrogen) atoms. The Kier molecular flexibility index (Phi) is 4.86. The van der Waals surface area contributed by atoms with Crippen molar-refractivity contribution in [1.82, 2.24) is 10.3 Å². The van der Waals surface area contributed by atoms with Gasteiger partial charge in [-0.2, -0.15) is 0 Å². The summed E-state index contributed by atoms with van der Waals surface area (Å²) in [5.41, 5.74) is 1.77. The van der Waals surface area contributed by atoms with Gasteiger partial charge in [-0.3, -0.25) is 0 Å². The molecule has 0 unspecified atom stereocenters. The molecule has 0 saturated heterocycles. The van der Waals surface area contributed by atoms with Crippen molar-refractivity contribution in [2.75, 3.05) is 11.9 Å². The van der Waals surface area contributed by atoms with Gasteiger partial charge in [0, 0.05) is 18.5 Å². The van der Waals surface area contributed by atoms with Gasteiger partial charge >= 0.3 is 6.03 Å². The molecule has 2 aromatic carbocycles. The molecule has 0 saturated carbocycles. The number of carbonyl (C=O) groups is 1. The van der Waals surface area contributed by atoms with Gasteiger partial charge in [0.25, 0.3) is 0 Å². The van der Waals surface area contributed by atoms with Gasteiger partial charge in [-0.15, -0.1) is 0 Å². The summed E-state index contributed by atoms with van der Waals surface area (Å²) in [7, 11) is 0. The number of carbonyl (C=O) groups excluding carboxylic acids is 1. The summed E-state index contributed by atoms with van der Waals surface area (Å²) < 4.78 is 18.9. The van der Waals surface area contributed by atoms with Crippen LogP contribution in [0.3, 0.4) is 0 Å². The average Bonchev–Trinajstić information content (AvgIpc) is 3.07. The van der Waals surface area contributed by atoms with Crippen LogP contribution in [0.15, 0.2) is 65.3 Å². The molecular formula is C18H16FN3O2. The van der Waals surface area contributed by atoms with Crippen molar-refractivity contribution < 1.29 is 13.6 Å². The van der Waals surface area contributed by atoms with Crippen molar-refractivity contribution in [2.24, 2.45) is 0 Å². The maximum atomic E-state index is 13.4. The number of halogens is 1. The van der Waals surface area contributed by atoms with Crippen molar-refractivity contribution in [3.8, 4) is 11.5 Å². The molecule has 0 radical (unpaired) electrons. The zero-order valence-corrected chi connectivity index (χ0v) is 12.8. The van der Waals surface area contributed by atoms with Crippen LogP contribution in [0.4, 0.5) is 14.9 Å². The lowest BCUT2D eigenvalue weighted by molar-refractivity contribution is 0.252. The summed E-state index contributed by atoms with van der Waals surface area (Å²) in [6, 6.07) is 15.1. The normalized spacial score (nSPS) is 10.4. The Morgan fingerprint density at radius 3 is 2.62 bits per heavy atom. The predicted molar refractivity (Wildman–Crippen MR) is 89.1 cm³/mol. The first-order valence-electron chi connectivity index (χ1n) is 7.51. The number of amides is 2. The Morgan fingerprint density at radius 2 is 1.83 bits per heavy atom. The molecule has 0 atom stereocenters. The van der Waals surface area contributed by atoms with E-state index in [4.69, 9.17) is 4.42 Å². The number of aromatic nitrogens is 1. The Balaban J connectivity index is 1.49. The van der Waals surface area contributed by atoms with Gasteiger partial charge in [-0.05, 0) is 24.3 Å². The zero-order valence-electron chi connectivity index (χ0n) is 12.8. The number of para-hydroxylation sites is 1. The summed E-state index contributed by atoms with van der Waals surface area (Å²) in [6.45, 7) is 0.362. The Morgan fingerprint density at radius 1 is 1.08 bits per heavy atom. The first kappa shape index (κ1) is 15.7. The fourth-order valence-corrected chi connectivity index (χ4v) is 2.17. The fourth-order valence-electron chi connectivity index (χ4n) is 2.17. The van der Waals surface area contributed by atoms with E-state index in [1.165, 1.54) is 12.1 Å². The number of hydrogen-bond acceptors (Lipinski definition) is 3. The quantitative estimate of drug-likeness (QED) is 0.749. The maximum Gasteiger partial charge on any atom is 0.319 e. The van der Waals surface area contributed by atoms with E-state index in [0.29, 0.717) is 18.9 Å². The summed E-state index contributed by atoms with van der Waals surface area (Å²) >= 11 is 0. The highest BCUT2D eigenvalue weighted by atomic mass is 19.1. The number of nitrogens with one attached hydrogen (secondary N) is 2. The SMILES string of the molecule is O=C(NCCc1coc(-c2ccccc2)n1)Nc1ccccc1F. The third-order valence-electron chi connectivity index (χ3n) is 3.36. The molecule has 0 fully saturated rings. The van der Waals surface area contributed by atoms with Gasteiger partial charge in [0.05, 0.1) is 11.4 Å². The van der Waals surface area contributed by atoms with Crippen molar-refractivity contribution in [3.63, 3.8) is 0 Å². The number of rotatable bonds is 5. The van der Waals surface area contributed by atoms with Crippen molar-refractivity contribution in [3.05, 3.63) is 72.4 Å². The van der Waals surface area contributed by atoms with Crippen LogP contribution in [0.25, 0.3) is 11.5 Å². The topological polar surface area (TPSA) is 67.2 Å². The van der Waals surface area contributed by atoms with Crippen LogP contribution in [0.2, 0.25) is 0 Å². The van der Waals surface area contributed by atoms with Crippen LogP contribution >= 0.6 is 0 Å². The lowest BCUT2D eigenvalue weighted by Gasteiger charge is -2.07. The van der Waals surface area contributed by atoms with Gasteiger partial charge < -0.3 is 15.1 Å². The van der Waals surface area contributed by atoms with E-state index >= 15 is 0 Å². The number of hydrogen-bond donors (Lipinski definition) is 2. The van der Waals surface area contributed by atoms with E-state index in [1.807, 2.05) is 30.3 Å². The summed E-state index contributed by atoms with van der Waals surface area (Å²) in [5.74, 6) is 0.0677. The van der Waals surface area contributed by atoms with Crippen molar-refractivity contribution >= 4 is 11.7 Å². The summed E-state index contributed by atoms with van der Waals surface area (Å²) in [4.78, 5) is 16.1. The second-order valence-corrected chi connectivity index (χ2v) is 5.12. The monoisotopic (exact) mass is 325 g/mol. The molecule has 3 rings (SSSR count). The largest absolute Gasteiger partial charge is 0.444 e. The van der Waals surface area contributed by atoms with E-state index in [1.54, 1.807) is 18.4 Å². The molecule has 1 aromatic heterocycles. The zero-order chi connectivity index (χ0) is 16.8. The molecule has 2 N–H and O–H groups in total. The van der Waals surface area contributed by atoms with Crippen LogP contribution in [0.1, 0.15) is 5.69 Å². The Hall–Kier alpha value is -3.15. The lowest BCUT2D eigenvalue weighted by atomic mass is 10.2. The van der Waals surface area contributed by atoms with Crippen LogP contribution < -0.4 is 10.6 Å².